The number of aromatic amines is 1. The number of likely N-dealkylation sites (tertiary alicyclic amines) is 1. The van der Waals surface area contributed by atoms with Crippen LogP contribution >= 0.6 is 0 Å². The number of fused-ring (bicyclic) bond motifs is 5. The van der Waals surface area contributed by atoms with Crippen LogP contribution in [0, 0.1) is 17.3 Å². The molecule has 0 saturated carbocycles. The van der Waals surface area contributed by atoms with Crippen molar-refractivity contribution in [3.05, 3.63) is 35.5 Å². The fourth-order valence-electron chi connectivity index (χ4n) is 8.76. The van der Waals surface area contributed by atoms with Gasteiger partial charge in [-0.2, -0.15) is 0 Å². The SMILES string of the molecule is CCC(C)(C)[C@@H]1C(=O)N2CCC[C@@H]2[C@]2(O)O[C@](NC(=O)[C@@H]3C[C@@H]4c5cccc6[nH]cc(c56)C[C@@H]4N(C)C3)(C(C)C)C(=O)N12. The van der Waals surface area contributed by atoms with Crippen molar-refractivity contribution in [1.29, 1.82) is 0 Å². The first-order valence-electron chi connectivity index (χ1n) is 16.0. The molecule has 10 nitrogen and oxygen atoms in total. The second-order valence-electron chi connectivity index (χ2n) is 14.6. The van der Waals surface area contributed by atoms with E-state index in [9.17, 15) is 19.5 Å². The van der Waals surface area contributed by atoms with Crippen LogP contribution in [0.5, 0.6) is 0 Å². The normalized spacial score (nSPS) is 35.9. The van der Waals surface area contributed by atoms with E-state index in [4.69, 9.17) is 4.74 Å². The van der Waals surface area contributed by atoms with Crippen LogP contribution in [0.3, 0.4) is 0 Å². The first-order chi connectivity index (χ1) is 20.3. The summed E-state index contributed by atoms with van der Waals surface area (Å²) >= 11 is 0. The molecule has 0 radical (unpaired) electrons. The van der Waals surface area contributed by atoms with Gasteiger partial charge in [0, 0.05) is 48.1 Å². The van der Waals surface area contributed by atoms with Gasteiger partial charge >= 0.3 is 0 Å². The van der Waals surface area contributed by atoms with Crippen LogP contribution in [0.15, 0.2) is 24.4 Å². The first kappa shape index (κ1) is 28.8. The third-order valence-corrected chi connectivity index (χ3v) is 11.5. The van der Waals surface area contributed by atoms with E-state index >= 15 is 0 Å². The lowest BCUT2D eigenvalue weighted by Gasteiger charge is -2.52. The summed E-state index contributed by atoms with van der Waals surface area (Å²) in [6.45, 7) is 10.6. The number of H-pyrrole nitrogens is 1. The van der Waals surface area contributed by atoms with Gasteiger partial charge in [-0.1, -0.05) is 46.8 Å². The molecule has 0 unspecified atom stereocenters. The van der Waals surface area contributed by atoms with Crippen molar-refractivity contribution < 1.29 is 24.2 Å². The van der Waals surface area contributed by atoms with Crippen molar-refractivity contribution in [2.45, 2.75) is 102 Å². The lowest BCUT2D eigenvalue weighted by atomic mass is 9.72. The molecule has 0 bridgehead atoms. The van der Waals surface area contributed by atoms with Gasteiger partial charge in [-0.3, -0.25) is 24.0 Å². The average Bonchev–Trinajstić information content (AvgIpc) is 3.68. The topological polar surface area (TPSA) is 118 Å². The minimum Gasteiger partial charge on any atom is -0.361 e. The summed E-state index contributed by atoms with van der Waals surface area (Å²) in [5.74, 6) is -3.67. The van der Waals surface area contributed by atoms with Gasteiger partial charge in [0.25, 0.3) is 11.8 Å². The molecule has 5 aliphatic rings. The summed E-state index contributed by atoms with van der Waals surface area (Å²) < 4.78 is 6.51. The molecule has 1 aliphatic carbocycles. The summed E-state index contributed by atoms with van der Waals surface area (Å²) in [5, 5.41) is 16.6. The molecule has 3 amide bonds. The van der Waals surface area contributed by atoms with E-state index in [1.807, 2.05) is 34.6 Å². The maximum absolute atomic E-state index is 14.6. The fraction of sp³-hybridized carbons (Fsp3) is 0.667. The molecule has 10 heteroatoms. The molecule has 43 heavy (non-hydrogen) atoms. The molecule has 1 aromatic carbocycles. The maximum atomic E-state index is 14.6. The van der Waals surface area contributed by atoms with Crippen LogP contribution in [-0.2, 0) is 25.5 Å². The molecule has 0 spiro atoms. The zero-order valence-corrected chi connectivity index (χ0v) is 26.1. The Kier molecular flexibility index (Phi) is 6.38. The highest BCUT2D eigenvalue weighted by atomic mass is 16.7. The molecule has 4 aliphatic heterocycles. The van der Waals surface area contributed by atoms with E-state index < -0.39 is 41.0 Å². The number of hydrogen-bond donors (Lipinski definition) is 3. The number of hydrogen-bond acceptors (Lipinski definition) is 6. The number of benzene rings is 1. The lowest BCUT2D eigenvalue weighted by Crippen LogP contribution is -2.73. The second kappa shape index (κ2) is 9.52. The summed E-state index contributed by atoms with van der Waals surface area (Å²) in [6, 6.07) is 5.05. The third-order valence-electron chi connectivity index (χ3n) is 11.5. The van der Waals surface area contributed by atoms with E-state index in [0.29, 0.717) is 32.4 Å². The number of aliphatic hydroxyl groups is 1. The number of likely N-dealkylation sites (N-methyl/N-ethyl adjacent to an activating group) is 1. The number of rotatable bonds is 5. The number of piperazine rings is 1. The summed E-state index contributed by atoms with van der Waals surface area (Å²) in [4.78, 5) is 51.4. The second-order valence-corrected chi connectivity index (χ2v) is 14.6. The van der Waals surface area contributed by atoms with E-state index in [1.54, 1.807) is 4.90 Å². The van der Waals surface area contributed by atoms with Crippen LogP contribution < -0.4 is 5.32 Å². The molecule has 7 rings (SSSR count). The van der Waals surface area contributed by atoms with Crippen molar-refractivity contribution in [1.82, 2.24) is 25.0 Å². The number of carbonyl (C=O) groups excluding carboxylic acids is 3. The van der Waals surface area contributed by atoms with Gasteiger partial charge in [0.1, 0.15) is 12.1 Å². The highest BCUT2D eigenvalue weighted by Crippen LogP contribution is 2.51. The molecule has 4 saturated heterocycles. The van der Waals surface area contributed by atoms with Crippen LogP contribution in [0.25, 0.3) is 10.9 Å². The summed E-state index contributed by atoms with van der Waals surface area (Å²) in [7, 11) is 2.07. The molecule has 3 N–H and O–H groups in total. The Labute approximate surface area is 253 Å². The first-order valence-corrected chi connectivity index (χ1v) is 16.0. The minimum atomic E-state index is -2.02. The Morgan fingerprint density at radius 3 is 2.77 bits per heavy atom. The van der Waals surface area contributed by atoms with Crippen LogP contribution in [-0.4, -0.2) is 92.4 Å². The fourth-order valence-corrected chi connectivity index (χ4v) is 8.76. The average molecular weight is 592 g/mol. The van der Waals surface area contributed by atoms with Gasteiger partial charge in [-0.05, 0) is 61.8 Å². The van der Waals surface area contributed by atoms with Crippen LogP contribution in [0.4, 0.5) is 0 Å². The Hall–Kier alpha value is -2.95. The number of aromatic nitrogens is 1. The maximum Gasteiger partial charge on any atom is 0.281 e. The van der Waals surface area contributed by atoms with Crippen LogP contribution in [0.1, 0.15) is 77.3 Å². The Bertz CT molecular complexity index is 1500. The molecule has 2 aromatic rings. The molecular formula is C33H45N5O5. The molecule has 4 fully saturated rings. The number of ether oxygens (including phenoxy) is 1. The predicted octanol–water partition coefficient (Wildman–Crippen LogP) is 2.91. The van der Waals surface area contributed by atoms with E-state index in [-0.39, 0.29) is 29.7 Å². The highest BCUT2D eigenvalue weighted by molar-refractivity contribution is 5.98. The highest BCUT2D eigenvalue weighted by Gasteiger charge is 2.73. The van der Waals surface area contributed by atoms with Gasteiger partial charge < -0.3 is 25.2 Å². The van der Waals surface area contributed by atoms with Gasteiger partial charge in [0.2, 0.25) is 17.5 Å². The van der Waals surface area contributed by atoms with Crippen molar-refractivity contribution in [2.75, 3.05) is 20.1 Å². The Morgan fingerprint density at radius 2 is 2.05 bits per heavy atom. The van der Waals surface area contributed by atoms with Crippen molar-refractivity contribution in [2.24, 2.45) is 17.3 Å². The predicted molar refractivity (Wildman–Crippen MR) is 160 cm³/mol. The van der Waals surface area contributed by atoms with E-state index in [1.165, 1.54) is 21.4 Å². The quantitative estimate of drug-likeness (QED) is 0.492. The standard InChI is InChI=1S/C33H45N5O5/c1-7-31(4,5)27-29(40)37-13-9-12-25(37)33(42)38(27)30(41)32(43-33,18(2)3)35-28(39)20-14-22-21-10-8-11-23-26(21)19(16-34-23)15-24(22)36(6)17-20/h8,10-11,16,18,20,22,24-25,27,34,42H,7,9,12-15,17H2,1-6H3,(H,35,39)/t20-,22-,24+,25-,27+,32-,33+/m1/s1. The van der Waals surface area contributed by atoms with Gasteiger partial charge in [-0.15, -0.1) is 0 Å². The summed E-state index contributed by atoms with van der Waals surface area (Å²) in [5.41, 5.74) is 1.29. The Balaban J connectivity index is 1.22. The zero-order chi connectivity index (χ0) is 30.6. The van der Waals surface area contributed by atoms with Gasteiger partial charge in [-0.25, -0.2) is 0 Å². The zero-order valence-electron chi connectivity index (χ0n) is 26.1. The third kappa shape index (κ3) is 3.85. The lowest BCUT2D eigenvalue weighted by molar-refractivity contribution is -0.326. The smallest absolute Gasteiger partial charge is 0.281 e. The van der Waals surface area contributed by atoms with E-state index in [0.717, 1.165) is 18.4 Å². The van der Waals surface area contributed by atoms with E-state index in [2.05, 4.69) is 46.6 Å². The molecule has 232 valence electrons. The van der Waals surface area contributed by atoms with Crippen molar-refractivity contribution >= 4 is 28.6 Å². The van der Waals surface area contributed by atoms with Gasteiger partial charge in [0.15, 0.2) is 0 Å². The van der Waals surface area contributed by atoms with Crippen molar-refractivity contribution in [3.63, 3.8) is 0 Å². The number of carbonyl (C=O) groups is 3. The van der Waals surface area contributed by atoms with Crippen molar-refractivity contribution in [3.8, 4) is 0 Å². The van der Waals surface area contributed by atoms with Gasteiger partial charge in [0.05, 0.1) is 5.92 Å². The number of nitrogens with one attached hydrogen (secondary N) is 2. The monoisotopic (exact) mass is 591 g/mol. The number of amides is 3. The summed E-state index contributed by atoms with van der Waals surface area (Å²) in [6.07, 6.45) is 5.55. The minimum absolute atomic E-state index is 0.155. The molecule has 7 atom stereocenters. The molecular weight excluding hydrogens is 546 g/mol. The number of piperidine rings is 1. The Morgan fingerprint density at radius 1 is 1.28 bits per heavy atom. The largest absolute Gasteiger partial charge is 0.361 e. The molecule has 1 aromatic heterocycles. The number of nitrogens with zero attached hydrogens (tertiary/aromatic N) is 3. The van der Waals surface area contributed by atoms with Crippen LogP contribution in [0.2, 0.25) is 0 Å². The molecule has 5 heterocycles.